The number of carbonyl (C=O) groups is 2. The number of benzene rings is 2. The lowest BCUT2D eigenvalue weighted by Gasteiger charge is -2.25. The van der Waals surface area contributed by atoms with Gasteiger partial charge >= 0.3 is 0 Å². The molecule has 1 aliphatic heterocycles. The third-order valence-electron chi connectivity index (χ3n) is 5.04. The number of rotatable bonds is 4. The van der Waals surface area contributed by atoms with E-state index in [9.17, 15) is 9.59 Å². The highest BCUT2D eigenvalue weighted by Gasteiger charge is 2.39. The number of nitrogens with one attached hydrogen (secondary N) is 1. The van der Waals surface area contributed by atoms with Crippen LogP contribution in [-0.4, -0.2) is 30.6 Å². The predicted octanol–water partition coefficient (Wildman–Crippen LogP) is 1.95. The van der Waals surface area contributed by atoms with Gasteiger partial charge in [-0.1, -0.05) is 48.5 Å². The molecule has 0 saturated carbocycles. The van der Waals surface area contributed by atoms with Gasteiger partial charge in [0.15, 0.2) is 0 Å². The predicted molar refractivity (Wildman–Crippen MR) is 93.8 cm³/mol. The van der Waals surface area contributed by atoms with Gasteiger partial charge in [-0.2, -0.15) is 0 Å². The van der Waals surface area contributed by atoms with E-state index >= 15 is 0 Å². The number of amides is 2. The average molecular weight is 336 g/mol. The molecule has 0 radical (unpaired) electrons. The Kier molecular flexibility index (Phi) is 4.01. The van der Waals surface area contributed by atoms with Crippen LogP contribution in [0.25, 0.3) is 11.1 Å². The number of hydrogen-bond acceptors (Lipinski definition) is 3. The summed E-state index contributed by atoms with van der Waals surface area (Å²) in [6.07, 6.45) is 1.04. The molecule has 1 aliphatic carbocycles. The number of hydrogen-bond donors (Lipinski definition) is 2. The van der Waals surface area contributed by atoms with Gasteiger partial charge in [0.25, 0.3) is 0 Å². The zero-order valence-electron chi connectivity index (χ0n) is 13.8. The number of nitrogens with two attached hydrogens (primary N) is 1. The molecule has 3 N–H and O–H groups in total. The van der Waals surface area contributed by atoms with E-state index in [0.717, 1.165) is 28.7 Å². The van der Waals surface area contributed by atoms with E-state index in [1.807, 2.05) is 48.5 Å². The Labute approximate surface area is 146 Å². The van der Waals surface area contributed by atoms with Crippen LogP contribution in [0, 0.1) is 0 Å². The molecule has 5 nitrogen and oxygen atoms in total. The van der Waals surface area contributed by atoms with E-state index in [1.165, 1.54) is 0 Å². The van der Waals surface area contributed by atoms with Crippen molar-refractivity contribution in [1.82, 2.24) is 5.32 Å². The highest BCUT2D eigenvalue weighted by atomic mass is 16.5. The molecule has 1 fully saturated rings. The van der Waals surface area contributed by atoms with Crippen LogP contribution in [0.1, 0.15) is 29.9 Å². The molecule has 2 aliphatic rings. The molecule has 2 aromatic rings. The van der Waals surface area contributed by atoms with Crippen molar-refractivity contribution in [3.05, 3.63) is 59.7 Å². The first-order valence-corrected chi connectivity index (χ1v) is 8.56. The Morgan fingerprint density at radius 2 is 1.64 bits per heavy atom. The van der Waals surface area contributed by atoms with Crippen molar-refractivity contribution >= 4 is 11.8 Å². The molecule has 0 bridgehead atoms. The van der Waals surface area contributed by atoms with Gasteiger partial charge in [-0.05, 0) is 35.1 Å². The lowest BCUT2D eigenvalue weighted by molar-refractivity contribution is -0.134. The molecule has 1 heterocycles. The summed E-state index contributed by atoms with van der Waals surface area (Å²) in [6.45, 7) is 0.578. The second-order valence-corrected chi connectivity index (χ2v) is 6.54. The van der Waals surface area contributed by atoms with Crippen LogP contribution < -0.4 is 11.1 Å². The Morgan fingerprint density at radius 3 is 2.16 bits per heavy atom. The zero-order valence-corrected chi connectivity index (χ0v) is 13.8. The molecule has 25 heavy (non-hydrogen) atoms. The van der Waals surface area contributed by atoms with Gasteiger partial charge in [0.2, 0.25) is 11.8 Å². The summed E-state index contributed by atoms with van der Waals surface area (Å²) in [5.41, 5.74) is 9.88. The summed E-state index contributed by atoms with van der Waals surface area (Å²) in [6, 6.07) is 15.1. The number of fused-ring (bicyclic) bond motifs is 3. The molecule has 1 saturated heterocycles. The fraction of sp³-hybridized carbons (Fsp3) is 0.300. The highest BCUT2D eigenvalue weighted by Crippen LogP contribution is 2.46. The fourth-order valence-electron chi connectivity index (χ4n) is 3.90. The SMILES string of the molecule is NC(=O)[C@@H](NC(=O)[C@H]1CCCO1)C1c2ccccc2-c2ccccc21. The van der Waals surface area contributed by atoms with E-state index in [2.05, 4.69) is 5.32 Å². The average Bonchev–Trinajstić information content (AvgIpc) is 3.26. The third-order valence-corrected chi connectivity index (χ3v) is 5.04. The topological polar surface area (TPSA) is 81.4 Å². The second kappa shape index (κ2) is 6.33. The summed E-state index contributed by atoms with van der Waals surface area (Å²) in [7, 11) is 0. The maximum absolute atomic E-state index is 12.5. The smallest absolute Gasteiger partial charge is 0.249 e. The van der Waals surface area contributed by atoms with Crippen LogP contribution in [-0.2, 0) is 14.3 Å². The Morgan fingerprint density at radius 1 is 1.04 bits per heavy atom. The number of ether oxygens (including phenoxy) is 1. The standard InChI is InChI=1S/C20H20N2O3/c21-19(23)18(22-20(24)16-10-5-11-25-16)17-14-8-3-1-6-12(14)13-7-2-4-9-15(13)17/h1-4,6-9,16-18H,5,10-11H2,(H2,21,23)(H,22,24)/t16-,18+/m1/s1. The summed E-state index contributed by atoms with van der Waals surface area (Å²) in [5, 5.41) is 2.84. The van der Waals surface area contributed by atoms with Crippen LogP contribution in [0.2, 0.25) is 0 Å². The van der Waals surface area contributed by atoms with Crippen molar-refractivity contribution in [2.75, 3.05) is 6.61 Å². The van der Waals surface area contributed by atoms with E-state index in [-0.39, 0.29) is 11.8 Å². The normalized spacial score (nSPS) is 19.9. The van der Waals surface area contributed by atoms with Crippen molar-refractivity contribution in [2.24, 2.45) is 5.73 Å². The van der Waals surface area contributed by atoms with Crippen LogP contribution in [0.5, 0.6) is 0 Å². The molecule has 0 spiro atoms. The van der Waals surface area contributed by atoms with Gasteiger partial charge in [0, 0.05) is 12.5 Å². The van der Waals surface area contributed by atoms with Gasteiger partial charge in [-0.3, -0.25) is 9.59 Å². The highest BCUT2D eigenvalue weighted by molar-refractivity contribution is 5.92. The van der Waals surface area contributed by atoms with Crippen LogP contribution in [0.15, 0.2) is 48.5 Å². The molecule has 128 valence electrons. The maximum Gasteiger partial charge on any atom is 0.249 e. The fourth-order valence-corrected chi connectivity index (χ4v) is 3.90. The Hall–Kier alpha value is -2.66. The summed E-state index contributed by atoms with van der Waals surface area (Å²) >= 11 is 0. The first kappa shape index (κ1) is 15.8. The molecule has 2 atom stereocenters. The first-order chi connectivity index (χ1) is 12.2. The van der Waals surface area contributed by atoms with E-state index < -0.39 is 18.1 Å². The lowest BCUT2D eigenvalue weighted by atomic mass is 9.88. The first-order valence-electron chi connectivity index (χ1n) is 8.56. The lowest BCUT2D eigenvalue weighted by Crippen LogP contribution is -2.51. The molecule has 2 aromatic carbocycles. The molecular formula is C20H20N2O3. The van der Waals surface area contributed by atoms with Crippen molar-refractivity contribution in [2.45, 2.75) is 30.9 Å². The van der Waals surface area contributed by atoms with Gasteiger partial charge in [0.05, 0.1) is 0 Å². The summed E-state index contributed by atoms with van der Waals surface area (Å²) in [4.78, 5) is 24.7. The minimum Gasteiger partial charge on any atom is -0.368 e. The summed E-state index contributed by atoms with van der Waals surface area (Å²) < 4.78 is 5.43. The van der Waals surface area contributed by atoms with E-state index in [1.54, 1.807) is 0 Å². The van der Waals surface area contributed by atoms with Crippen molar-refractivity contribution in [1.29, 1.82) is 0 Å². The second-order valence-electron chi connectivity index (χ2n) is 6.54. The molecule has 4 rings (SSSR count). The van der Waals surface area contributed by atoms with Gasteiger partial charge < -0.3 is 15.8 Å². The largest absolute Gasteiger partial charge is 0.368 e. The Bertz CT molecular complexity index is 782. The monoisotopic (exact) mass is 336 g/mol. The van der Waals surface area contributed by atoms with Crippen LogP contribution in [0.4, 0.5) is 0 Å². The number of carbonyl (C=O) groups excluding carboxylic acids is 2. The Balaban J connectivity index is 1.72. The quantitative estimate of drug-likeness (QED) is 0.895. The van der Waals surface area contributed by atoms with Crippen molar-refractivity contribution < 1.29 is 14.3 Å². The third kappa shape index (κ3) is 2.70. The molecule has 5 heteroatoms. The number of primary amides is 1. The summed E-state index contributed by atoms with van der Waals surface area (Å²) in [5.74, 6) is -1.08. The minimum absolute atomic E-state index is 0.261. The molecular weight excluding hydrogens is 316 g/mol. The molecule has 0 unspecified atom stereocenters. The van der Waals surface area contributed by atoms with Crippen LogP contribution >= 0.6 is 0 Å². The van der Waals surface area contributed by atoms with E-state index in [4.69, 9.17) is 10.5 Å². The van der Waals surface area contributed by atoms with Crippen molar-refractivity contribution in [3.8, 4) is 11.1 Å². The zero-order chi connectivity index (χ0) is 17.4. The van der Waals surface area contributed by atoms with Gasteiger partial charge in [-0.25, -0.2) is 0 Å². The van der Waals surface area contributed by atoms with Crippen molar-refractivity contribution in [3.63, 3.8) is 0 Å². The van der Waals surface area contributed by atoms with Gasteiger partial charge in [0.1, 0.15) is 12.1 Å². The minimum atomic E-state index is -0.804. The van der Waals surface area contributed by atoms with E-state index in [0.29, 0.717) is 13.0 Å². The molecule has 2 amide bonds. The van der Waals surface area contributed by atoms with Gasteiger partial charge in [-0.15, -0.1) is 0 Å². The van der Waals surface area contributed by atoms with Crippen LogP contribution in [0.3, 0.4) is 0 Å². The molecule has 0 aromatic heterocycles. The maximum atomic E-state index is 12.5.